The zero-order valence-corrected chi connectivity index (χ0v) is 24.1. The first-order valence-electron chi connectivity index (χ1n) is 14.6. The number of furan rings is 2. The highest BCUT2D eigenvalue weighted by Crippen LogP contribution is 2.44. The topological polar surface area (TPSA) is 42.4 Å². The number of hydrogen-bond acceptors (Lipinski definition) is 5. The number of anilines is 3. The van der Waals surface area contributed by atoms with Crippen molar-refractivity contribution in [3.05, 3.63) is 134 Å². The highest BCUT2D eigenvalue weighted by atomic mass is 32.1. The summed E-state index contributed by atoms with van der Waals surface area (Å²) in [6.07, 6.45) is 1.90. The van der Waals surface area contributed by atoms with Gasteiger partial charge in [-0.1, -0.05) is 66.7 Å². The zero-order chi connectivity index (χ0) is 28.8. The Morgan fingerprint density at radius 1 is 0.477 bits per heavy atom. The third-order valence-electron chi connectivity index (χ3n) is 8.70. The van der Waals surface area contributed by atoms with Gasteiger partial charge in [0.05, 0.1) is 5.39 Å². The van der Waals surface area contributed by atoms with Gasteiger partial charge >= 0.3 is 0 Å². The van der Waals surface area contributed by atoms with E-state index in [0.717, 1.165) is 66.1 Å². The minimum Gasteiger partial charge on any atom is -0.456 e. The first-order valence-corrected chi connectivity index (χ1v) is 15.4. The van der Waals surface area contributed by atoms with Gasteiger partial charge in [-0.05, 0) is 66.0 Å². The van der Waals surface area contributed by atoms with Crippen molar-refractivity contribution in [1.82, 2.24) is 4.98 Å². The summed E-state index contributed by atoms with van der Waals surface area (Å²) < 4.78 is 14.9. The van der Waals surface area contributed by atoms with E-state index in [4.69, 9.17) is 8.83 Å². The number of hydrogen-bond donors (Lipinski definition) is 0. The third kappa shape index (κ3) is 3.41. The summed E-state index contributed by atoms with van der Waals surface area (Å²) in [6.45, 7) is 0. The van der Waals surface area contributed by atoms with Crippen LogP contribution in [0.4, 0.5) is 17.1 Å². The lowest BCUT2D eigenvalue weighted by molar-refractivity contribution is 0.654. The highest BCUT2D eigenvalue weighted by Gasteiger charge is 2.19. The van der Waals surface area contributed by atoms with Crippen LogP contribution >= 0.6 is 11.3 Å². The fraction of sp³-hybridized carbons (Fsp3) is 0. The molecule has 0 amide bonds. The molecule has 4 nitrogen and oxygen atoms in total. The molecule has 0 fully saturated rings. The second-order valence-corrected chi connectivity index (χ2v) is 12.3. The third-order valence-corrected chi connectivity index (χ3v) is 9.83. The summed E-state index contributed by atoms with van der Waals surface area (Å²) in [5.41, 5.74) is 6.49. The summed E-state index contributed by atoms with van der Waals surface area (Å²) in [5, 5.41) is 9.08. The number of benzene rings is 6. The Morgan fingerprint density at radius 2 is 1.11 bits per heavy atom. The zero-order valence-electron chi connectivity index (χ0n) is 23.3. The Labute approximate surface area is 255 Å². The van der Waals surface area contributed by atoms with Gasteiger partial charge < -0.3 is 13.7 Å². The molecule has 0 bridgehead atoms. The molecule has 0 N–H and O–H groups in total. The van der Waals surface area contributed by atoms with E-state index < -0.39 is 0 Å². The van der Waals surface area contributed by atoms with Crippen molar-refractivity contribution < 1.29 is 8.83 Å². The maximum Gasteiger partial charge on any atom is 0.227 e. The summed E-state index contributed by atoms with van der Waals surface area (Å²) >= 11 is 1.83. The van der Waals surface area contributed by atoms with Gasteiger partial charge in [0.1, 0.15) is 16.7 Å². The van der Waals surface area contributed by atoms with E-state index in [9.17, 15) is 0 Å². The monoisotopic (exact) mass is 582 g/mol. The van der Waals surface area contributed by atoms with Crippen LogP contribution in [0.5, 0.6) is 0 Å². The van der Waals surface area contributed by atoms with Crippen molar-refractivity contribution in [2.24, 2.45) is 0 Å². The number of thiophene rings is 1. The van der Waals surface area contributed by atoms with Crippen LogP contribution in [0.15, 0.2) is 142 Å². The van der Waals surface area contributed by atoms with E-state index in [2.05, 4.69) is 113 Å². The van der Waals surface area contributed by atoms with E-state index in [1.54, 1.807) is 0 Å². The van der Waals surface area contributed by atoms with Gasteiger partial charge in [-0.25, -0.2) is 4.98 Å². The number of para-hydroxylation sites is 2. The van der Waals surface area contributed by atoms with Gasteiger partial charge in [0.15, 0.2) is 0 Å². The average molecular weight is 583 g/mol. The molecule has 6 aromatic carbocycles. The molecule has 5 heteroatoms. The number of fused-ring (bicyclic) bond motifs is 11. The minimum atomic E-state index is 0.653. The summed E-state index contributed by atoms with van der Waals surface area (Å²) in [5.74, 6) is 0. The molecule has 0 aliphatic rings. The lowest BCUT2D eigenvalue weighted by atomic mass is 10.0. The van der Waals surface area contributed by atoms with Crippen molar-refractivity contribution >= 4 is 103 Å². The standard InChI is InChI=1S/C39H22N2O2S/c1-4-10-33-27(7-1)32-20-25(16-18-35(32)42-33)41(26-15-17-29-28-8-3-6-12-36(28)44-37(29)21-26)24-14-13-23-22-40-39-38(31(23)19-24)30-9-2-5-11-34(30)43-39/h1-22H. The summed E-state index contributed by atoms with van der Waals surface area (Å²) in [6, 6.07) is 45.0. The van der Waals surface area contributed by atoms with E-state index in [1.807, 2.05) is 41.8 Å². The molecule has 10 aromatic rings. The highest BCUT2D eigenvalue weighted by molar-refractivity contribution is 7.25. The number of nitrogens with zero attached hydrogens (tertiary/aromatic N) is 2. The van der Waals surface area contributed by atoms with Gasteiger partial charge in [0.25, 0.3) is 0 Å². The Balaban J connectivity index is 1.26. The van der Waals surface area contributed by atoms with Crippen LogP contribution in [0.3, 0.4) is 0 Å². The molecule has 0 aliphatic carbocycles. The molecule has 0 atom stereocenters. The van der Waals surface area contributed by atoms with Gasteiger partial charge in [-0.15, -0.1) is 11.3 Å². The summed E-state index contributed by atoms with van der Waals surface area (Å²) in [4.78, 5) is 7.01. The maximum absolute atomic E-state index is 6.19. The van der Waals surface area contributed by atoms with Crippen LogP contribution in [0.25, 0.3) is 75.0 Å². The van der Waals surface area contributed by atoms with Crippen molar-refractivity contribution in [3.63, 3.8) is 0 Å². The van der Waals surface area contributed by atoms with Crippen molar-refractivity contribution in [1.29, 1.82) is 0 Å². The second-order valence-electron chi connectivity index (χ2n) is 11.2. The van der Waals surface area contributed by atoms with E-state index in [1.165, 1.54) is 20.2 Å². The Kier molecular flexibility index (Phi) is 4.84. The first kappa shape index (κ1) is 23.9. The lowest BCUT2D eigenvalue weighted by Gasteiger charge is -2.26. The SMILES string of the molecule is c1ccc2c(c1)oc1ccc(N(c3ccc4c(c3)sc3ccccc34)c3ccc4cnc5oc6ccccc6c5c4c3)cc12. The van der Waals surface area contributed by atoms with Crippen molar-refractivity contribution in [2.45, 2.75) is 0 Å². The normalized spacial score (nSPS) is 12.1. The largest absolute Gasteiger partial charge is 0.456 e. The molecule has 0 saturated heterocycles. The molecule has 4 aromatic heterocycles. The Hall–Kier alpha value is -5.65. The smallest absolute Gasteiger partial charge is 0.227 e. The number of rotatable bonds is 3. The molecule has 10 rings (SSSR count). The van der Waals surface area contributed by atoms with Gasteiger partial charge in [0, 0.05) is 65.0 Å². The van der Waals surface area contributed by atoms with Crippen LogP contribution in [0.2, 0.25) is 0 Å². The molecule has 4 heterocycles. The second kappa shape index (κ2) is 8.93. The molecule has 0 unspecified atom stereocenters. The molecule has 0 radical (unpaired) electrons. The molecule has 0 saturated carbocycles. The van der Waals surface area contributed by atoms with Crippen LogP contribution in [-0.4, -0.2) is 4.98 Å². The fourth-order valence-electron chi connectivity index (χ4n) is 6.68. The van der Waals surface area contributed by atoms with Crippen LogP contribution in [0.1, 0.15) is 0 Å². The lowest BCUT2D eigenvalue weighted by Crippen LogP contribution is -2.09. The molecule has 44 heavy (non-hydrogen) atoms. The fourth-order valence-corrected chi connectivity index (χ4v) is 7.82. The Morgan fingerprint density at radius 3 is 2.00 bits per heavy atom. The van der Waals surface area contributed by atoms with Gasteiger partial charge in [-0.3, -0.25) is 0 Å². The van der Waals surface area contributed by atoms with Crippen LogP contribution in [0, 0.1) is 0 Å². The predicted octanol–water partition coefficient (Wildman–Crippen LogP) is 11.9. The van der Waals surface area contributed by atoms with Crippen molar-refractivity contribution in [2.75, 3.05) is 4.90 Å². The van der Waals surface area contributed by atoms with Crippen LogP contribution < -0.4 is 4.90 Å². The molecular formula is C39H22N2O2S. The number of aromatic nitrogens is 1. The predicted molar refractivity (Wildman–Crippen MR) is 184 cm³/mol. The molecule has 0 aliphatic heterocycles. The summed E-state index contributed by atoms with van der Waals surface area (Å²) in [7, 11) is 0. The molecule has 206 valence electrons. The van der Waals surface area contributed by atoms with Crippen molar-refractivity contribution in [3.8, 4) is 0 Å². The van der Waals surface area contributed by atoms with E-state index in [-0.39, 0.29) is 0 Å². The van der Waals surface area contributed by atoms with Crippen LogP contribution in [-0.2, 0) is 0 Å². The minimum absolute atomic E-state index is 0.653. The maximum atomic E-state index is 6.19. The van der Waals surface area contributed by atoms with E-state index in [0.29, 0.717) is 5.71 Å². The molecule has 0 spiro atoms. The average Bonchev–Trinajstić information content (AvgIpc) is 3.75. The van der Waals surface area contributed by atoms with E-state index >= 15 is 0 Å². The molecular weight excluding hydrogens is 561 g/mol. The Bertz CT molecular complexity index is 2750. The quantitative estimate of drug-likeness (QED) is 0.208. The van der Waals surface area contributed by atoms with Gasteiger partial charge in [-0.2, -0.15) is 0 Å². The van der Waals surface area contributed by atoms with Gasteiger partial charge in [0.2, 0.25) is 5.71 Å². The number of pyridine rings is 1. The first-order chi connectivity index (χ1) is 21.8.